The van der Waals surface area contributed by atoms with Crippen LogP contribution in [0.3, 0.4) is 0 Å². The van der Waals surface area contributed by atoms with E-state index < -0.39 is 5.60 Å². The Labute approximate surface area is 135 Å². The van der Waals surface area contributed by atoms with Gasteiger partial charge >= 0.3 is 0 Å². The van der Waals surface area contributed by atoms with Crippen LogP contribution < -0.4 is 0 Å². The Kier molecular flexibility index (Phi) is 5.08. The van der Waals surface area contributed by atoms with E-state index in [2.05, 4.69) is 0 Å². The summed E-state index contributed by atoms with van der Waals surface area (Å²) in [6.07, 6.45) is 0. The fourth-order valence-corrected chi connectivity index (χ4v) is 2.73. The lowest BCUT2D eigenvalue weighted by atomic mass is 10.0. The van der Waals surface area contributed by atoms with Gasteiger partial charge in [0, 0.05) is 32.1 Å². The first-order chi connectivity index (χ1) is 10.3. The lowest BCUT2D eigenvalue weighted by Gasteiger charge is -2.40. The molecule has 1 heterocycles. The molecule has 1 aromatic rings. The van der Waals surface area contributed by atoms with E-state index in [1.165, 1.54) is 6.92 Å². The Bertz CT molecular complexity index is 561. The van der Waals surface area contributed by atoms with Crippen LogP contribution in [0.1, 0.15) is 19.4 Å². The summed E-state index contributed by atoms with van der Waals surface area (Å²) in [6, 6.07) is 7.37. The number of amides is 2. The largest absolute Gasteiger partial charge is 0.362 e. The Morgan fingerprint density at radius 3 is 2.59 bits per heavy atom. The van der Waals surface area contributed by atoms with Gasteiger partial charge in [0.25, 0.3) is 5.91 Å². The summed E-state index contributed by atoms with van der Waals surface area (Å²) in [5.74, 6) is -0.170. The van der Waals surface area contributed by atoms with E-state index in [-0.39, 0.29) is 18.4 Å². The SMILES string of the molecule is CC(=O)N1CCOC(C)(C(=O)N(C)Cc2ccc(Cl)cc2)C1. The maximum atomic E-state index is 12.7. The molecule has 0 aliphatic carbocycles. The van der Waals surface area contributed by atoms with Crippen molar-refractivity contribution < 1.29 is 14.3 Å². The highest BCUT2D eigenvalue weighted by molar-refractivity contribution is 6.30. The molecule has 2 amide bonds. The van der Waals surface area contributed by atoms with E-state index in [1.807, 2.05) is 12.1 Å². The van der Waals surface area contributed by atoms with Crippen molar-refractivity contribution in [3.05, 3.63) is 34.9 Å². The number of hydrogen-bond acceptors (Lipinski definition) is 3. The molecular weight excluding hydrogens is 304 g/mol. The third kappa shape index (κ3) is 3.78. The molecule has 0 spiro atoms. The van der Waals surface area contributed by atoms with E-state index in [9.17, 15) is 9.59 Å². The third-order valence-electron chi connectivity index (χ3n) is 3.85. The number of benzene rings is 1. The first-order valence-electron chi connectivity index (χ1n) is 7.21. The lowest BCUT2D eigenvalue weighted by Crippen LogP contribution is -2.59. The fraction of sp³-hybridized carbons (Fsp3) is 0.500. The average molecular weight is 325 g/mol. The van der Waals surface area contributed by atoms with Crippen molar-refractivity contribution in [1.29, 1.82) is 0 Å². The Balaban J connectivity index is 2.05. The molecule has 1 unspecified atom stereocenters. The van der Waals surface area contributed by atoms with Crippen molar-refractivity contribution in [3.8, 4) is 0 Å². The van der Waals surface area contributed by atoms with Crippen molar-refractivity contribution in [1.82, 2.24) is 9.80 Å². The Hall–Kier alpha value is -1.59. The second-order valence-corrected chi connectivity index (χ2v) is 6.24. The van der Waals surface area contributed by atoms with Crippen LogP contribution in [0, 0.1) is 0 Å². The minimum Gasteiger partial charge on any atom is -0.362 e. The van der Waals surface area contributed by atoms with Gasteiger partial charge in [0.15, 0.2) is 5.60 Å². The predicted octanol–water partition coefficient (Wildman–Crippen LogP) is 1.94. The number of hydrogen-bond donors (Lipinski definition) is 0. The number of morpholine rings is 1. The van der Waals surface area contributed by atoms with E-state index in [0.717, 1.165) is 5.56 Å². The van der Waals surface area contributed by atoms with Crippen molar-refractivity contribution in [2.75, 3.05) is 26.7 Å². The first-order valence-corrected chi connectivity index (χ1v) is 7.59. The van der Waals surface area contributed by atoms with Gasteiger partial charge in [-0.15, -0.1) is 0 Å². The Morgan fingerprint density at radius 2 is 2.00 bits per heavy atom. The third-order valence-corrected chi connectivity index (χ3v) is 4.10. The van der Waals surface area contributed by atoms with Gasteiger partial charge in [0.05, 0.1) is 13.2 Å². The normalized spacial score (nSPS) is 21.5. The zero-order chi connectivity index (χ0) is 16.3. The quantitative estimate of drug-likeness (QED) is 0.853. The second kappa shape index (κ2) is 6.67. The zero-order valence-electron chi connectivity index (χ0n) is 13.1. The van der Waals surface area contributed by atoms with Crippen LogP contribution in [-0.2, 0) is 20.9 Å². The smallest absolute Gasteiger partial charge is 0.256 e. The number of likely N-dealkylation sites (N-methyl/N-ethyl adjacent to an activating group) is 1. The van der Waals surface area contributed by atoms with Gasteiger partial charge in [0.1, 0.15) is 0 Å². The fourth-order valence-electron chi connectivity index (χ4n) is 2.61. The molecule has 0 N–H and O–H groups in total. The van der Waals surface area contributed by atoms with Gasteiger partial charge in [-0.1, -0.05) is 23.7 Å². The molecule has 1 saturated heterocycles. The maximum Gasteiger partial charge on any atom is 0.256 e. The van der Waals surface area contributed by atoms with Crippen molar-refractivity contribution in [2.45, 2.75) is 26.0 Å². The van der Waals surface area contributed by atoms with Crippen LogP contribution in [0.4, 0.5) is 0 Å². The number of nitrogens with zero attached hydrogens (tertiary/aromatic N) is 2. The molecule has 0 aromatic heterocycles. The number of ether oxygens (including phenoxy) is 1. The molecule has 1 aromatic carbocycles. The van der Waals surface area contributed by atoms with E-state index in [4.69, 9.17) is 16.3 Å². The van der Waals surface area contributed by atoms with E-state index in [1.54, 1.807) is 35.9 Å². The summed E-state index contributed by atoms with van der Waals surface area (Å²) >= 11 is 5.86. The molecule has 2 rings (SSSR count). The van der Waals surface area contributed by atoms with Crippen LogP contribution in [0.25, 0.3) is 0 Å². The van der Waals surface area contributed by atoms with Gasteiger partial charge in [-0.25, -0.2) is 0 Å². The molecule has 1 aliphatic heterocycles. The van der Waals surface area contributed by atoms with Gasteiger partial charge < -0.3 is 14.5 Å². The van der Waals surface area contributed by atoms with Gasteiger partial charge in [0.2, 0.25) is 5.91 Å². The minimum absolute atomic E-state index is 0.0392. The molecule has 1 aliphatic rings. The monoisotopic (exact) mass is 324 g/mol. The van der Waals surface area contributed by atoms with Crippen LogP contribution in [0.2, 0.25) is 5.02 Å². The van der Waals surface area contributed by atoms with Crippen molar-refractivity contribution >= 4 is 23.4 Å². The average Bonchev–Trinajstić information content (AvgIpc) is 2.48. The highest BCUT2D eigenvalue weighted by Crippen LogP contribution is 2.21. The minimum atomic E-state index is -0.995. The number of carbonyl (C=O) groups excluding carboxylic acids is 2. The van der Waals surface area contributed by atoms with Crippen LogP contribution in [0.15, 0.2) is 24.3 Å². The van der Waals surface area contributed by atoms with Crippen LogP contribution >= 0.6 is 11.6 Å². The molecule has 6 heteroatoms. The standard InChI is InChI=1S/C16H21ClN2O3/c1-12(20)19-8-9-22-16(2,11-19)15(21)18(3)10-13-4-6-14(17)7-5-13/h4-7H,8-11H2,1-3H3. The topological polar surface area (TPSA) is 49.9 Å². The molecule has 0 radical (unpaired) electrons. The highest BCUT2D eigenvalue weighted by atomic mass is 35.5. The summed E-state index contributed by atoms with van der Waals surface area (Å²) < 4.78 is 5.68. The zero-order valence-corrected chi connectivity index (χ0v) is 13.9. The molecule has 22 heavy (non-hydrogen) atoms. The molecule has 120 valence electrons. The van der Waals surface area contributed by atoms with Crippen molar-refractivity contribution in [3.63, 3.8) is 0 Å². The van der Waals surface area contributed by atoms with Crippen LogP contribution in [0.5, 0.6) is 0 Å². The van der Waals surface area contributed by atoms with E-state index >= 15 is 0 Å². The second-order valence-electron chi connectivity index (χ2n) is 5.81. The first kappa shape index (κ1) is 16.8. The molecule has 0 saturated carbocycles. The van der Waals surface area contributed by atoms with Gasteiger partial charge in [-0.05, 0) is 24.6 Å². The number of rotatable bonds is 3. The maximum absolute atomic E-state index is 12.7. The molecule has 0 bridgehead atoms. The van der Waals surface area contributed by atoms with Gasteiger partial charge in [-0.2, -0.15) is 0 Å². The summed E-state index contributed by atoms with van der Waals surface area (Å²) in [5.41, 5.74) is -0.00598. The lowest BCUT2D eigenvalue weighted by molar-refractivity contribution is -0.170. The molecule has 1 atom stereocenters. The number of carbonyl (C=O) groups is 2. The molecule has 1 fully saturated rings. The number of halogens is 1. The predicted molar refractivity (Wildman–Crippen MR) is 84.5 cm³/mol. The summed E-state index contributed by atoms with van der Waals surface area (Å²) in [5, 5.41) is 0.664. The molecule has 5 nitrogen and oxygen atoms in total. The van der Waals surface area contributed by atoms with Gasteiger partial charge in [-0.3, -0.25) is 9.59 Å². The molecular formula is C16H21ClN2O3. The van der Waals surface area contributed by atoms with E-state index in [0.29, 0.717) is 24.7 Å². The Morgan fingerprint density at radius 1 is 1.36 bits per heavy atom. The van der Waals surface area contributed by atoms with Crippen LogP contribution in [-0.4, -0.2) is 54.0 Å². The highest BCUT2D eigenvalue weighted by Gasteiger charge is 2.41. The van der Waals surface area contributed by atoms with Crippen molar-refractivity contribution in [2.24, 2.45) is 0 Å². The summed E-state index contributed by atoms with van der Waals surface area (Å²) in [4.78, 5) is 27.5. The summed E-state index contributed by atoms with van der Waals surface area (Å²) in [7, 11) is 1.73. The summed E-state index contributed by atoms with van der Waals surface area (Å²) in [6.45, 7) is 4.90.